The second-order valence-corrected chi connectivity index (χ2v) is 8.37. The van der Waals surface area contributed by atoms with Crippen molar-refractivity contribution in [2.45, 2.75) is 18.8 Å². The predicted molar refractivity (Wildman–Crippen MR) is 121 cm³/mol. The minimum absolute atomic E-state index is 0.0603. The van der Waals surface area contributed by atoms with Gasteiger partial charge in [-0.2, -0.15) is 18.3 Å². The SMILES string of the molecule is Cc1cc(Cl)cc(C(N)=O)c1C(NC(=O)c1ccn[nH]1)(c1ncccc1Cl)n1cc(C(F)(F)F)nn1. The molecule has 0 radical (unpaired) electrons. The highest BCUT2D eigenvalue weighted by Crippen LogP contribution is 2.40. The molecule has 36 heavy (non-hydrogen) atoms. The van der Waals surface area contributed by atoms with Crippen molar-refractivity contribution in [3.05, 3.63) is 92.7 Å². The summed E-state index contributed by atoms with van der Waals surface area (Å²) in [6, 6.07) is 6.84. The number of nitrogens with one attached hydrogen (secondary N) is 2. The minimum Gasteiger partial charge on any atom is -0.366 e. The van der Waals surface area contributed by atoms with Crippen LogP contribution < -0.4 is 11.1 Å². The van der Waals surface area contributed by atoms with E-state index in [1.807, 2.05) is 0 Å². The minimum atomic E-state index is -4.88. The fourth-order valence-electron chi connectivity index (χ4n) is 3.76. The second-order valence-electron chi connectivity index (χ2n) is 7.52. The van der Waals surface area contributed by atoms with E-state index in [2.05, 4.69) is 30.8 Å². The molecule has 1 atom stereocenters. The van der Waals surface area contributed by atoms with Crippen molar-refractivity contribution in [1.29, 1.82) is 0 Å². The van der Waals surface area contributed by atoms with Gasteiger partial charge in [0, 0.05) is 28.5 Å². The third-order valence-corrected chi connectivity index (χ3v) is 5.72. The van der Waals surface area contributed by atoms with Gasteiger partial charge in [-0.1, -0.05) is 28.4 Å². The number of benzene rings is 1. The molecule has 15 heteroatoms. The number of carbonyl (C=O) groups is 2. The smallest absolute Gasteiger partial charge is 0.366 e. The summed E-state index contributed by atoms with van der Waals surface area (Å²) >= 11 is 12.6. The number of nitrogens with two attached hydrogens (primary N) is 1. The van der Waals surface area contributed by atoms with E-state index in [-0.39, 0.29) is 38.1 Å². The Morgan fingerprint density at radius 1 is 1.17 bits per heavy atom. The van der Waals surface area contributed by atoms with Crippen molar-refractivity contribution in [3.8, 4) is 0 Å². The number of hydrogen-bond donors (Lipinski definition) is 3. The summed E-state index contributed by atoms with van der Waals surface area (Å²) in [6.45, 7) is 1.52. The van der Waals surface area contributed by atoms with Crippen LogP contribution in [0.1, 0.15) is 43.4 Å². The van der Waals surface area contributed by atoms with Gasteiger partial charge in [0.05, 0.1) is 11.2 Å². The third-order valence-electron chi connectivity index (χ3n) is 5.20. The van der Waals surface area contributed by atoms with Crippen LogP contribution >= 0.6 is 23.2 Å². The van der Waals surface area contributed by atoms with Crippen LogP contribution in [0.15, 0.2) is 48.9 Å². The Kier molecular flexibility index (Phi) is 6.45. The van der Waals surface area contributed by atoms with Crippen LogP contribution in [0.4, 0.5) is 13.2 Å². The van der Waals surface area contributed by atoms with E-state index in [4.69, 9.17) is 28.9 Å². The Hall–Kier alpha value is -3.97. The van der Waals surface area contributed by atoms with Gasteiger partial charge in [-0.3, -0.25) is 19.7 Å². The van der Waals surface area contributed by atoms with Crippen LogP contribution in [0.25, 0.3) is 0 Å². The number of hydrogen-bond acceptors (Lipinski definition) is 6. The molecule has 0 saturated carbocycles. The molecule has 4 rings (SSSR count). The van der Waals surface area contributed by atoms with Crippen LogP contribution in [0.2, 0.25) is 10.0 Å². The highest BCUT2D eigenvalue weighted by Gasteiger charge is 2.48. The summed E-state index contributed by atoms with van der Waals surface area (Å²) < 4.78 is 41.4. The number of carbonyl (C=O) groups excluding carboxylic acids is 2. The zero-order valence-electron chi connectivity index (χ0n) is 18.1. The van der Waals surface area contributed by atoms with E-state index in [1.165, 1.54) is 49.6 Å². The molecule has 0 aliphatic rings. The maximum Gasteiger partial charge on any atom is 0.436 e. The monoisotopic (exact) mass is 538 g/mol. The van der Waals surface area contributed by atoms with Gasteiger partial charge in [0.25, 0.3) is 5.91 Å². The Morgan fingerprint density at radius 2 is 1.92 bits per heavy atom. The lowest BCUT2D eigenvalue weighted by atomic mass is 9.86. The Morgan fingerprint density at radius 3 is 2.50 bits per heavy atom. The number of halogens is 5. The molecule has 10 nitrogen and oxygen atoms in total. The molecule has 4 N–H and O–H groups in total. The van der Waals surface area contributed by atoms with Gasteiger partial charge >= 0.3 is 6.18 Å². The molecule has 0 aliphatic carbocycles. The van der Waals surface area contributed by atoms with Crippen molar-refractivity contribution in [1.82, 2.24) is 35.5 Å². The van der Waals surface area contributed by atoms with Crippen LogP contribution in [-0.4, -0.2) is 42.0 Å². The summed E-state index contributed by atoms with van der Waals surface area (Å²) in [7, 11) is 0. The maximum absolute atomic E-state index is 13.5. The average molecular weight is 539 g/mol. The van der Waals surface area contributed by atoms with Gasteiger partial charge in [-0.15, -0.1) is 5.10 Å². The Bertz CT molecular complexity index is 1460. The van der Waals surface area contributed by atoms with E-state index in [1.54, 1.807) is 0 Å². The number of H-pyrrole nitrogens is 1. The third kappa shape index (κ3) is 4.38. The molecular formula is C21H15Cl2F3N8O2. The number of aromatic nitrogens is 6. The molecule has 1 unspecified atom stereocenters. The van der Waals surface area contributed by atoms with Gasteiger partial charge in [-0.05, 0) is 42.8 Å². The molecular weight excluding hydrogens is 524 g/mol. The lowest BCUT2D eigenvalue weighted by Crippen LogP contribution is -2.54. The lowest BCUT2D eigenvalue weighted by molar-refractivity contribution is -0.141. The van der Waals surface area contributed by atoms with Gasteiger partial charge in [0.1, 0.15) is 11.4 Å². The molecule has 2 amide bonds. The molecule has 0 bridgehead atoms. The van der Waals surface area contributed by atoms with Gasteiger partial charge in [0.2, 0.25) is 11.6 Å². The first-order valence-electron chi connectivity index (χ1n) is 9.98. The van der Waals surface area contributed by atoms with E-state index in [9.17, 15) is 22.8 Å². The van der Waals surface area contributed by atoms with Crippen LogP contribution in [0.3, 0.4) is 0 Å². The molecule has 3 heterocycles. The topological polar surface area (TPSA) is 144 Å². The zero-order chi connectivity index (χ0) is 26.3. The molecule has 1 aromatic carbocycles. The van der Waals surface area contributed by atoms with Crippen molar-refractivity contribution >= 4 is 35.0 Å². The molecule has 0 spiro atoms. The quantitative estimate of drug-likeness (QED) is 0.343. The largest absolute Gasteiger partial charge is 0.436 e. The number of alkyl halides is 3. The lowest BCUT2D eigenvalue weighted by Gasteiger charge is -2.37. The normalized spacial score (nSPS) is 13.3. The Labute approximate surface area is 210 Å². The molecule has 186 valence electrons. The van der Waals surface area contributed by atoms with Crippen LogP contribution in [0, 0.1) is 6.92 Å². The number of primary amides is 1. The van der Waals surface area contributed by atoms with Gasteiger partial charge in [-0.25, -0.2) is 4.68 Å². The number of rotatable bonds is 6. The number of aryl methyl sites for hydroxylation is 1. The molecule has 0 fully saturated rings. The van der Waals surface area contributed by atoms with E-state index in [0.29, 0.717) is 10.9 Å². The second kappa shape index (κ2) is 9.24. The Balaban J connectivity index is 2.16. The van der Waals surface area contributed by atoms with Crippen molar-refractivity contribution in [2.24, 2.45) is 5.73 Å². The number of amides is 2. The average Bonchev–Trinajstić information content (AvgIpc) is 3.50. The van der Waals surface area contributed by atoms with E-state index >= 15 is 0 Å². The van der Waals surface area contributed by atoms with Crippen LogP contribution in [0.5, 0.6) is 0 Å². The molecule has 0 saturated heterocycles. The van der Waals surface area contributed by atoms with Crippen molar-refractivity contribution < 1.29 is 22.8 Å². The van der Waals surface area contributed by atoms with Crippen LogP contribution in [-0.2, 0) is 11.8 Å². The summed E-state index contributed by atoms with van der Waals surface area (Å²) in [5.41, 5.74) is 1.73. The fraction of sp³-hybridized carbons (Fsp3) is 0.143. The summed E-state index contributed by atoms with van der Waals surface area (Å²) in [6.07, 6.45) is -1.73. The highest BCUT2D eigenvalue weighted by atomic mass is 35.5. The first-order valence-corrected chi connectivity index (χ1v) is 10.7. The summed E-state index contributed by atoms with van der Waals surface area (Å²) in [4.78, 5) is 30.1. The number of nitrogens with zero attached hydrogens (tertiary/aromatic N) is 5. The predicted octanol–water partition coefficient (Wildman–Crippen LogP) is 3.31. The van der Waals surface area contributed by atoms with Crippen molar-refractivity contribution in [3.63, 3.8) is 0 Å². The summed E-state index contributed by atoms with van der Waals surface area (Å²) in [5, 5.41) is 15.7. The van der Waals surface area contributed by atoms with E-state index in [0.717, 1.165) is 0 Å². The standard InChI is InChI=1S/C21H15Cl2F3N8O2/c1-10-7-11(22)8-12(18(27)35)16(10)20(17-13(23)3-2-5-28-17,30-19(36)14-4-6-29-31-14)34-9-15(32-33-34)21(24,25)26/h2-9H,1H3,(H2,27,35)(H,29,31)(H,30,36). The van der Waals surface area contributed by atoms with Gasteiger partial charge < -0.3 is 11.1 Å². The van der Waals surface area contributed by atoms with Crippen molar-refractivity contribution in [2.75, 3.05) is 0 Å². The number of pyridine rings is 1. The number of aromatic amines is 1. The summed E-state index contributed by atoms with van der Waals surface area (Å²) in [5.74, 6) is -1.83. The van der Waals surface area contributed by atoms with E-state index < -0.39 is 29.3 Å². The molecule has 0 aliphatic heterocycles. The van der Waals surface area contributed by atoms with Gasteiger partial charge in [0.15, 0.2) is 5.69 Å². The molecule has 3 aromatic heterocycles. The first-order chi connectivity index (χ1) is 16.9. The first kappa shape index (κ1) is 25.1. The zero-order valence-corrected chi connectivity index (χ0v) is 19.7. The fourth-order valence-corrected chi connectivity index (χ4v) is 4.29. The highest BCUT2D eigenvalue weighted by molar-refractivity contribution is 6.31. The maximum atomic E-state index is 13.5. The molecule has 4 aromatic rings.